The Balaban J connectivity index is 1.46. The zero-order chi connectivity index (χ0) is 22.1. The number of anilines is 1. The fourth-order valence-electron chi connectivity index (χ4n) is 3.56. The lowest BCUT2D eigenvalue weighted by Crippen LogP contribution is -2.40. The van der Waals surface area contributed by atoms with E-state index in [1.807, 2.05) is 12.1 Å². The summed E-state index contributed by atoms with van der Waals surface area (Å²) in [6.07, 6.45) is -0.873. The van der Waals surface area contributed by atoms with Gasteiger partial charge in [0.1, 0.15) is 17.9 Å². The molecule has 7 nitrogen and oxygen atoms in total. The summed E-state index contributed by atoms with van der Waals surface area (Å²) in [4.78, 5) is 26.2. The number of ketones is 1. The van der Waals surface area contributed by atoms with Crippen molar-refractivity contribution in [3.63, 3.8) is 0 Å². The highest BCUT2D eigenvalue weighted by molar-refractivity contribution is 6.17. The van der Waals surface area contributed by atoms with Crippen LogP contribution in [0.2, 0.25) is 0 Å². The van der Waals surface area contributed by atoms with E-state index in [-0.39, 0.29) is 18.2 Å². The predicted molar refractivity (Wildman–Crippen MR) is 118 cm³/mol. The van der Waals surface area contributed by atoms with Crippen molar-refractivity contribution >= 4 is 28.3 Å². The summed E-state index contributed by atoms with van der Waals surface area (Å²) < 4.78 is 22.4. The van der Waals surface area contributed by atoms with E-state index in [0.29, 0.717) is 39.5 Å². The maximum absolute atomic E-state index is 13.2. The Morgan fingerprint density at radius 2 is 1.66 bits per heavy atom. The molecule has 1 aliphatic heterocycles. The molecule has 0 saturated carbocycles. The second-order valence-corrected chi connectivity index (χ2v) is 7.21. The van der Waals surface area contributed by atoms with Crippen LogP contribution in [0.1, 0.15) is 16.1 Å². The van der Waals surface area contributed by atoms with E-state index in [1.165, 1.54) is 0 Å². The highest BCUT2D eigenvalue weighted by Gasteiger charge is 2.30. The first kappa shape index (κ1) is 19.7. The van der Waals surface area contributed by atoms with Gasteiger partial charge in [0.05, 0.1) is 12.8 Å². The molecule has 0 spiro atoms. The summed E-state index contributed by atoms with van der Waals surface area (Å²) >= 11 is 0. The Morgan fingerprint density at radius 1 is 0.938 bits per heavy atom. The molecule has 0 fully saturated rings. The summed E-state index contributed by atoms with van der Waals surface area (Å²) in [5, 5.41) is 3.44. The number of amides is 1. The lowest BCUT2D eigenvalue weighted by atomic mass is 10.1. The maximum atomic E-state index is 13.2. The van der Waals surface area contributed by atoms with Crippen LogP contribution in [0.3, 0.4) is 0 Å². The largest absolute Gasteiger partial charge is 0.497 e. The quantitative estimate of drug-likeness (QED) is 0.472. The molecule has 1 aliphatic rings. The van der Waals surface area contributed by atoms with Crippen LogP contribution in [-0.4, -0.2) is 31.5 Å². The number of carbonyl (C=O) groups excluding carboxylic acids is 2. The van der Waals surface area contributed by atoms with Crippen LogP contribution in [-0.2, 0) is 4.79 Å². The lowest BCUT2D eigenvalue weighted by molar-refractivity contribution is -0.125. The number of ether oxygens (including phenoxy) is 3. The van der Waals surface area contributed by atoms with Gasteiger partial charge < -0.3 is 23.9 Å². The Kier molecular flexibility index (Phi) is 4.99. The number of nitrogens with one attached hydrogen (secondary N) is 1. The topological polar surface area (TPSA) is 87.0 Å². The summed E-state index contributed by atoms with van der Waals surface area (Å²) in [6.45, 7) is 0.0559. The molecule has 1 amide bonds. The van der Waals surface area contributed by atoms with Gasteiger partial charge in [0.2, 0.25) is 11.9 Å². The minimum atomic E-state index is -0.873. The number of rotatable bonds is 5. The van der Waals surface area contributed by atoms with Crippen molar-refractivity contribution in [2.45, 2.75) is 6.10 Å². The highest BCUT2D eigenvalue weighted by atomic mass is 16.6. The van der Waals surface area contributed by atoms with Crippen LogP contribution >= 0.6 is 0 Å². The van der Waals surface area contributed by atoms with Crippen molar-refractivity contribution in [1.82, 2.24) is 0 Å². The Hall–Kier alpha value is -4.26. The minimum Gasteiger partial charge on any atom is -0.497 e. The summed E-state index contributed by atoms with van der Waals surface area (Å²) in [6, 6.07) is 21.0. The molecule has 2 heterocycles. The Morgan fingerprint density at radius 3 is 2.44 bits per heavy atom. The van der Waals surface area contributed by atoms with E-state index >= 15 is 0 Å². The number of para-hydroxylation sites is 3. The average molecular weight is 429 g/mol. The van der Waals surface area contributed by atoms with Crippen molar-refractivity contribution < 1.29 is 28.2 Å². The van der Waals surface area contributed by atoms with E-state index in [0.717, 1.165) is 0 Å². The number of furan rings is 1. The van der Waals surface area contributed by atoms with Crippen LogP contribution in [0.25, 0.3) is 11.0 Å². The smallest absolute Gasteiger partial charge is 0.269 e. The molecular formula is C25H19NO6. The normalized spacial score (nSPS) is 14.7. The third-order valence-corrected chi connectivity index (χ3v) is 5.20. The lowest BCUT2D eigenvalue weighted by Gasteiger charge is -2.25. The Labute approximate surface area is 183 Å². The first-order chi connectivity index (χ1) is 15.6. The third kappa shape index (κ3) is 3.54. The Bertz CT molecular complexity index is 1310. The predicted octanol–water partition coefficient (Wildman–Crippen LogP) is 4.45. The van der Waals surface area contributed by atoms with E-state index < -0.39 is 12.0 Å². The molecule has 0 radical (unpaired) electrons. The van der Waals surface area contributed by atoms with Gasteiger partial charge in [-0.15, -0.1) is 0 Å². The van der Waals surface area contributed by atoms with Gasteiger partial charge in [-0.25, -0.2) is 0 Å². The molecule has 160 valence electrons. The van der Waals surface area contributed by atoms with Gasteiger partial charge in [0, 0.05) is 10.9 Å². The van der Waals surface area contributed by atoms with Gasteiger partial charge in [-0.3, -0.25) is 9.59 Å². The molecule has 32 heavy (non-hydrogen) atoms. The molecule has 1 aromatic heterocycles. The highest BCUT2D eigenvalue weighted by Crippen LogP contribution is 2.34. The van der Waals surface area contributed by atoms with Crippen molar-refractivity contribution in [2.24, 2.45) is 0 Å². The first-order valence-corrected chi connectivity index (χ1v) is 10.0. The molecule has 5 rings (SSSR count). The van der Waals surface area contributed by atoms with Gasteiger partial charge in [-0.05, 0) is 48.5 Å². The molecule has 1 atom stereocenters. The zero-order valence-electron chi connectivity index (χ0n) is 17.2. The number of benzene rings is 3. The van der Waals surface area contributed by atoms with E-state index in [9.17, 15) is 9.59 Å². The maximum Gasteiger partial charge on any atom is 0.269 e. The number of hydrogen-bond donors (Lipinski definition) is 1. The molecule has 4 aromatic rings. The molecule has 1 N–H and O–H groups in total. The van der Waals surface area contributed by atoms with Gasteiger partial charge in [-0.1, -0.05) is 24.3 Å². The monoisotopic (exact) mass is 429 g/mol. The standard InChI is InChI=1S/C25H19NO6/c1-29-16-12-10-15(11-13-16)23(27)24-22(17-6-2-3-7-18(17)32-24)26-25(28)21-14-30-19-8-4-5-9-20(19)31-21/h2-13,21H,14H2,1H3,(H,26,28). The molecule has 3 aromatic carbocycles. The molecular weight excluding hydrogens is 410 g/mol. The average Bonchev–Trinajstić information content (AvgIpc) is 3.21. The van der Waals surface area contributed by atoms with Gasteiger partial charge in [-0.2, -0.15) is 0 Å². The van der Waals surface area contributed by atoms with Crippen LogP contribution in [0.15, 0.2) is 77.2 Å². The molecule has 1 unspecified atom stereocenters. The second kappa shape index (κ2) is 8.11. The molecule has 0 aliphatic carbocycles. The summed E-state index contributed by atoms with van der Waals surface area (Å²) in [7, 11) is 1.55. The fraction of sp³-hybridized carbons (Fsp3) is 0.120. The van der Waals surface area contributed by atoms with Gasteiger partial charge in [0.25, 0.3) is 5.91 Å². The SMILES string of the molecule is COc1ccc(C(=O)c2oc3ccccc3c2NC(=O)C2COc3ccccc3O2)cc1. The summed E-state index contributed by atoms with van der Waals surface area (Å²) in [5.41, 5.74) is 1.20. The van der Waals surface area contributed by atoms with Crippen molar-refractivity contribution in [3.8, 4) is 17.2 Å². The van der Waals surface area contributed by atoms with Crippen LogP contribution in [0, 0.1) is 0 Å². The van der Waals surface area contributed by atoms with Crippen LogP contribution in [0.5, 0.6) is 17.2 Å². The van der Waals surface area contributed by atoms with E-state index in [1.54, 1.807) is 67.8 Å². The molecule has 7 heteroatoms. The molecule has 0 bridgehead atoms. The second-order valence-electron chi connectivity index (χ2n) is 7.21. The van der Waals surface area contributed by atoms with Gasteiger partial charge >= 0.3 is 0 Å². The van der Waals surface area contributed by atoms with Crippen LogP contribution in [0.4, 0.5) is 5.69 Å². The molecule has 0 saturated heterocycles. The fourth-order valence-corrected chi connectivity index (χ4v) is 3.56. The zero-order valence-corrected chi connectivity index (χ0v) is 17.2. The van der Waals surface area contributed by atoms with E-state index in [4.69, 9.17) is 18.6 Å². The first-order valence-electron chi connectivity index (χ1n) is 10.0. The van der Waals surface area contributed by atoms with E-state index in [2.05, 4.69) is 5.32 Å². The van der Waals surface area contributed by atoms with Crippen molar-refractivity contribution in [1.29, 1.82) is 0 Å². The van der Waals surface area contributed by atoms with Crippen molar-refractivity contribution in [2.75, 3.05) is 19.0 Å². The van der Waals surface area contributed by atoms with Crippen LogP contribution < -0.4 is 19.5 Å². The number of hydrogen-bond acceptors (Lipinski definition) is 6. The van der Waals surface area contributed by atoms with Crippen molar-refractivity contribution in [3.05, 3.63) is 84.1 Å². The minimum absolute atomic E-state index is 0.0434. The number of carbonyl (C=O) groups is 2. The van der Waals surface area contributed by atoms with Gasteiger partial charge in [0.15, 0.2) is 17.3 Å². The third-order valence-electron chi connectivity index (χ3n) is 5.20. The number of fused-ring (bicyclic) bond motifs is 2. The summed E-state index contributed by atoms with van der Waals surface area (Å²) in [5.74, 6) is 0.961. The number of methoxy groups -OCH3 is 1.